The van der Waals surface area contributed by atoms with Crippen molar-refractivity contribution in [2.75, 3.05) is 19.0 Å². The molecule has 3 rings (SSSR count). The van der Waals surface area contributed by atoms with Crippen molar-refractivity contribution >= 4 is 17.6 Å². The van der Waals surface area contributed by atoms with Crippen LogP contribution in [0.2, 0.25) is 0 Å². The van der Waals surface area contributed by atoms with E-state index in [0.717, 1.165) is 18.4 Å². The van der Waals surface area contributed by atoms with Crippen molar-refractivity contribution in [3.8, 4) is 0 Å². The van der Waals surface area contributed by atoms with E-state index in [0.29, 0.717) is 25.3 Å². The number of aromatic nitrogens is 1. The van der Waals surface area contributed by atoms with Crippen molar-refractivity contribution in [2.24, 2.45) is 5.41 Å². The number of carbonyl (C=O) groups excluding carboxylic acids is 2. The van der Waals surface area contributed by atoms with Gasteiger partial charge in [-0.05, 0) is 24.5 Å². The summed E-state index contributed by atoms with van der Waals surface area (Å²) < 4.78 is 5.16. The number of hydrogen-bond acceptors (Lipinski definition) is 4. The van der Waals surface area contributed by atoms with Crippen LogP contribution in [0.1, 0.15) is 24.8 Å². The molecule has 1 atom stereocenters. The number of ether oxygens (including phenoxy) is 1. The normalized spacial score (nSPS) is 22.1. The molecule has 1 fully saturated rings. The van der Waals surface area contributed by atoms with Gasteiger partial charge in [0, 0.05) is 31.6 Å². The zero-order valence-corrected chi connectivity index (χ0v) is 12.0. The number of rotatable bonds is 5. The minimum Gasteiger partial charge on any atom is -0.384 e. The highest BCUT2D eigenvalue weighted by Crippen LogP contribution is 2.48. The number of nitrogens with one attached hydrogen (secondary N) is 2. The molecular formula is C15H19N3O3. The lowest BCUT2D eigenvalue weighted by molar-refractivity contribution is -0.127. The molecule has 1 aromatic heterocycles. The Morgan fingerprint density at radius 2 is 2.38 bits per heavy atom. The van der Waals surface area contributed by atoms with E-state index in [1.165, 1.54) is 0 Å². The van der Waals surface area contributed by atoms with Gasteiger partial charge in [-0.1, -0.05) is 6.07 Å². The van der Waals surface area contributed by atoms with Gasteiger partial charge in [0.25, 0.3) is 0 Å². The number of fused-ring (bicyclic) bond motifs is 1. The topological polar surface area (TPSA) is 80.3 Å². The first-order valence-electron chi connectivity index (χ1n) is 7.15. The molecule has 2 N–H and O–H groups in total. The summed E-state index contributed by atoms with van der Waals surface area (Å²) in [6, 6.07) is 3.22. The van der Waals surface area contributed by atoms with Gasteiger partial charge in [-0.3, -0.25) is 9.59 Å². The van der Waals surface area contributed by atoms with E-state index in [-0.39, 0.29) is 17.2 Å². The molecule has 0 bridgehead atoms. The lowest BCUT2D eigenvalue weighted by atomic mass is 10.00. The van der Waals surface area contributed by atoms with Crippen LogP contribution >= 0.6 is 0 Å². The van der Waals surface area contributed by atoms with E-state index in [1.807, 2.05) is 12.1 Å². The van der Waals surface area contributed by atoms with Gasteiger partial charge in [0.2, 0.25) is 11.8 Å². The maximum Gasteiger partial charge on any atom is 0.248 e. The maximum atomic E-state index is 12.1. The first-order chi connectivity index (χ1) is 10.1. The van der Waals surface area contributed by atoms with Crippen LogP contribution < -0.4 is 10.6 Å². The Bertz CT molecular complexity index is 569. The van der Waals surface area contributed by atoms with Gasteiger partial charge in [0.1, 0.15) is 11.9 Å². The average molecular weight is 289 g/mol. The van der Waals surface area contributed by atoms with Gasteiger partial charge in [0.05, 0.1) is 6.61 Å². The van der Waals surface area contributed by atoms with Gasteiger partial charge in [-0.25, -0.2) is 4.98 Å². The fourth-order valence-electron chi connectivity index (χ4n) is 2.79. The van der Waals surface area contributed by atoms with E-state index in [9.17, 15) is 9.59 Å². The summed E-state index contributed by atoms with van der Waals surface area (Å²) in [4.78, 5) is 28.3. The quantitative estimate of drug-likeness (QED) is 0.843. The molecule has 0 radical (unpaired) electrons. The summed E-state index contributed by atoms with van der Waals surface area (Å²) in [6.45, 7) is 0.601. The SMILES string of the molecule is COCC1(CC(=O)NC2Cc3cccnc3NC2=O)CC1. The van der Waals surface area contributed by atoms with E-state index < -0.39 is 6.04 Å². The standard InChI is InChI=1S/C15H19N3O3/c1-21-9-15(4-5-15)8-12(19)17-11-7-10-3-2-6-16-13(10)18-14(11)20/h2-3,6,11H,4-5,7-9H2,1H3,(H,17,19)(H,16,18,20). The fraction of sp³-hybridized carbons (Fsp3) is 0.533. The number of pyridine rings is 1. The monoisotopic (exact) mass is 289 g/mol. The molecule has 0 spiro atoms. The first-order valence-corrected chi connectivity index (χ1v) is 7.15. The molecule has 0 saturated heterocycles. The van der Waals surface area contributed by atoms with Gasteiger partial charge >= 0.3 is 0 Å². The molecule has 1 aromatic rings. The maximum absolute atomic E-state index is 12.1. The van der Waals surface area contributed by atoms with Crippen LogP contribution in [0.25, 0.3) is 0 Å². The van der Waals surface area contributed by atoms with Crippen LogP contribution in [0.5, 0.6) is 0 Å². The lowest BCUT2D eigenvalue weighted by Crippen LogP contribution is -2.48. The summed E-state index contributed by atoms with van der Waals surface area (Å²) in [5, 5.41) is 5.56. The Labute approximate surface area is 123 Å². The molecule has 0 aromatic carbocycles. The van der Waals surface area contributed by atoms with E-state index >= 15 is 0 Å². The van der Waals surface area contributed by atoms with Gasteiger partial charge in [0.15, 0.2) is 0 Å². The largest absolute Gasteiger partial charge is 0.384 e. The minimum atomic E-state index is -0.521. The molecule has 2 heterocycles. The molecule has 1 saturated carbocycles. The Hall–Kier alpha value is -1.95. The second kappa shape index (κ2) is 5.44. The average Bonchev–Trinajstić information content (AvgIpc) is 3.19. The number of carbonyl (C=O) groups is 2. The van der Waals surface area contributed by atoms with Crippen molar-refractivity contribution in [3.63, 3.8) is 0 Å². The molecule has 21 heavy (non-hydrogen) atoms. The van der Waals surface area contributed by atoms with E-state index in [4.69, 9.17) is 4.74 Å². The van der Waals surface area contributed by atoms with Crippen molar-refractivity contribution in [3.05, 3.63) is 23.9 Å². The number of hydrogen-bond donors (Lipinski definition) is 2. The molecular weight excluding hydrogens is 270 g/mol. The third-order valence-corrected chi connectivity index (χ3v) is 4.15. The van der Waals surface area contributed by atoms with Crippen molar-refractivity contribution in [1.82, 2.24) is 10.3 Å². The number of nitrogens with zero attached hydrogens (tertiary/aromatic N) is 1. The molecule has 1 aliphatic carbocycles. The Morgan fingerprint density at radius 3 is 3.10 bits per heavy atom. The van der Waals surface area contributed by atoms with Gasteiger partial charge < -0.3 is 15.4 Å². The molecule has 2 aliphatic rings. The smallest absolute Gasteiger partial charge is 0.248 e. The van der Waals surface area contributed by atoms with Crippen molar-refractivity contribution in [1.29, 1.82) is 0 Å². The van der Waals surface area contributed by atoms with Crippen molar-refractivity contribution < 1.29 is 14.3 Å². The number of anilines is 1. The van der Waals surface area contributed by atoms with Crippen LogP contribution in [0.4, 0.5) is 5.82 Å². The second-order valence-corrected chi connectivity index (χ2v) is 5.93. The molecule has 112 valence electrons. The van der Waals surface area contributed by atoms with Crippen LogP contribution in [-0.4, -0.2) is 36.6 Å². The second-order valence-electron chi connectivity index (χ2n) is 5.93. The molecule has 1 unspecified atom stereocenters. The molecule has 2 amide bonds. The fourth-order valence-corrected chi connectivity index (χ4v) is 2.79. The van der Waals surface area contributed by atoms with Crippen LogP contribution in [-0.2, 0) is 20.7 Å². The molecule has 1 aliphatic heterocycles. The zero-order valence-electron chi connectivity index (χ0n) is 12.0. The molecule has 6 heteroatoms. The third-order valence-electron chi connectivity index (χ3n) is 4.15. The number of methoxy groups -OCH3 is 1. The van der Waals surface area contributed by atoms with E-state index in [1.54, 1.807) is 13.3 Å². The van der Waals surface area contributed by atoms with Crippen LogP contribution in [0, 0.1) is 5.41 Å². The first kappa shape index (κ1) is 14.0. The Morgan fingerprint density at radius 1 is 1.57 bits per heavy atom. The minimum absolute atomic E-state index is 0.0105. The summed E-state index contributed by atoms with van der Waals surface area (Å²) in [7, 11) is 1.65. The highest BCUT2D eigenvalue weighted by atomic mass is 16.5. The number of amides is 2. The third kappa shape index (κ3) is 3.05. The van der Waals surface area contributed by atoms with Crippen LogP contribution in [0.15, 0.2) is 18.3 Å². The summed E-state index contributed by atoms with van der Waals surface area (Å²) in [5.41, 5.74) is 0.934. The summed E-state index contributed by atoms with van der Waals surface area (Å²) >= 11 is 0. The zero-order chi connectivity index (χ0) is 14.9. The predicted octanol–water partition coefficient (Wildman–Crippen LogP) is 0.878. The van der Waals surface area contributed by atoms with Crippen LogP contribution in [0.3, 0.4) is 0 Å². The molecule has 6 nitrogen and oxygen atoms in total. The summed E-state index contributed by atoms with van der Waals surface area (Å²) in [6.07, 6.45) is 4.57. The Balaban J connectivity index is 1.61. The highest BCUT2D eigenvalue weighted by Gasteiger charge is 2.44. The van der Waals surface area contributed by atoms with Gasteiger partial charge in [-0.15, -0.1) is 0 Å². The van der Waals surface area contributed by atoms with E-state index in [2.05, 4.69) is 15.6 Å². The Kier molecular flexibility index (Phi) is 3.63. The lowest BCUT2D eigenvalue weighted by Gasteiger charge is -2.25. The highest BCUT2D eigenvalue weighted by molar-refractivity contribution is 5.99. The van der Waals surface area contributed by atoms with Gasteiger partial charge in [-0.2, -0.15) is 0 Å². The van der Waals surface area contributed by atoms with Crippen molar-refractivity contribution in [2.45, 2.75) is 31.7 Å². The summed E-state index contributed by atoms with van der Waals surface area (Å²) in [5.74, 6) is 0.300. The predicted molar refractivity (Wildman–Crippen MR) is 76.7 cm³/mol.